The van der Waals surface area contributed by atoms with Gasteiger partial charge in [-0.3, -0.25) is 4.79 Å². The number of aromatic nitrogens is 2. The molecule has 3 rings (SSSR count). The van der Waals surface area contributed by atoms with Crippen LogP contribution in [0.5, 0.6) is 11.6 Å². The average Bonchev–Trinajstić information content (AvgIpc) is 3.13. The van der Waals surface area contributed by atoms with Crippen LogP contribution in [-0.4, -0.2) is 28.7 Å². The van der Waals surface area contributed by atoms with Gasteiger partial charge in [-0.2, -0.15) is 13.2 Å². The maximum atomic E-state index is 12.2. The maximum Gasteiger partial charge on any atom is 0.422 e. The molecule has 30 heavy (non-hydrogen) atoms. The van der Waals surface area contributed by atoms with Crippen molar-refractivity contribution < 1.29 is 27.4 Å². The SMILES string of the molecule is Cc1ccc(OCc2nc(CC(=O)Nc3ccc(OCC(F)(F)F)nc3)cs2)cc1. The molecule has 0 fully saturated rings. The van der Waals surface area contributed by atoms with E-state index < -0.39 is 12.8 Å². The first-order chi connectivity index (χ1) is 14.3. The van der Waals surface area contributed by atoms with Gasteiger partial charge in [0.1, 0.15) is 17.4 Å². The lowest BCUT2D eigenvalue weighted by molar-refractivity contribution is -0.154. The Morgan fingerprint density at radius 1 is 1.13 bits per heavy atom. The molecule has 10 heteroatoms. The molecule has 0 spiro atoms. The molecule has 0 bridgehead atoms. The van der Waals surface area contributed by atoms with E-state index in [2.05, 4.69) is 20.0 Å². The number of halogens is 3. The fraction of sp³-hybridized carbons (Fsp3) is 0.250. The minimum Gasteiger partial charge on any atom is -0.486 e. The molecular weight excluding hydrogens is 419 g/mol. The third-order valence-corrected chi connectivity index (χ3v) is 4.60. The van der Waals surface area contributed by atoms with Gasteiger partial charge in [0.2, 0.25) is 11.8 Å². The van der Waals surface area contributed by atoms with Gasteiger partial charge in [-0.15, -0.1) is 11.3 Å². The number of hydrogen-bond donors (Lipinski definition) is 1. The minimum atomic E-state index is -4.44. The predicted octanol–water partition coefficient (Wildman–Crippen LogP) is 4.55. The molecular formula is C20H18F3N3O3S. The molecule has 0 atom stereocenters. The first kappa shape index (κ1) is 21.6. The smallest absolute Gasteiger partial charge is 0.422 e. The van der Waals surface area contributed by atoms with E-state index in [-0.39, 0.29) is 18.2 Å². The van der Waals surface area contributed by atoms with Gasteiger partial charge >= 0.3 is 6.18 Å². The Labute approximate surface area is 174 Å². The lowest BCUT2D eigenvalue weighted by atomic mass is 10.2. The first-order valence-corrected chi connectivity index (χ1v) is 9.73. The van der Waals surface area contributed by atoms with Crippen molar-refractivity contribution in [2.24, 2.45) is 0 Å². The molecule has 0 saturated heterocycles. The minimum absolute atomic E-state index is 0.0490. The Kier molecular flexibility index (Phi) is 6.88. The molecule has 0 radical (unpaired) electrons. The van der Waals surface area contributed by atoms with Crippen molar-refractivity contribution in [1.29, 1.82) is 0 Å². The van der Waals surface area contributed by atoms with Gasteiger partial charge in [0.05, 0.1) is 24.0 Å². The quantitative estimate of drug-likeness (QED) is 0.560. The third-order valence-electron chi connectivity index (χ3n) is 3.73. The summed E-state index contributed by atoms with van der Waals surface area (Å²) in [4.78, 5) is 20.3. The number of ether oxygens (including phenoxy) is 2. The van der Waals surface area contributed by atoms with E-state index >= 15 is 0 Å². The number of hydrogen-bond acceptors (Lipinski definition) is 6. The van der Waals surface area contributed by atoms with Crippen LogP contribution < -0.4 is 14.8 Å². The molecule has 0 saturated carbocycles. The van der Waals surface area contributed by atoms with E-state index in [1.807, 2.05) is 31.2 Å². The number of nitrogens with zero attached hydrogens (tertiary/aromatic N) is 2. The molecule has 0 aliphatic carbocycles. The van der Waals surface area contributed by atoms with Gasteiger partial charge in [0.15, 0.2) is 6.61 Å². The summed E-state index contributed by atoms with van der Waals surface area (Å²) >= 11 is 1.39. The van der Waals surface area contributed by atoms with Crippen LogP contribution in [0.25, 0.3) is 0 Å². The van der Waals surface area contributed by atoms with Crippen LogP contribution in [0.2, 0.25) is 0 Å². The lowest BCUT2D eigenvalue weighted by Crippen LogP contribution is -2.19. The van der Waals surface area contributed by atoms with Gasteiger partial charge in [-0.05, 0) is 25.1 Å². The zero-order valence-corrected chi connectivity index (χ0v) is 16.7. The Balaban J connectivity index is 1.46. The van der Waals surface area contributed by atoms with Crippen molar-refractivity contribution in [2.45, 2.75) is 26.1 Å². The highest BCUT2D eigenvalue weighted by Gasteiger charge is 2.28. The highest BCUT2D eigenvalue weighted by atomic mass is 32.1. The largest absolute Gasteiger partial charge is 0.486 e. The average molecular weight is 437 g/mol. The van der Waals surface area contributed by atoms with Crippen molar-refractivity contribution in [3.05, 3.63) is 64.2 Å². The molecule has 0 aliphatic rings. The molecule has 158 valence electrons. The number of rotatable bonds is 8. The molecule has 3 aromatic rings. The maximum absolute atomic E-state index is 12.2. The van der Waals surface area contributed by atoms with Crippen molar-refractivity contribution in [3.8, 4) is 11.6 Å². The molecule has 1 amide bonds. The summed E-state index contributed by atoms with van der Waals surface area (Å²) in [6, 6.07) is 10.3. The molecule has 1 aromatic carbocycles. The highest BCUT2D eigenvalue weighted by molar-refractivity contribution is 7.09. The summed E-state index contributed by atoms with van der Waals surface area (Å²) in [5.74, 6) is 0.241. The molecule has 1 N–H and O–H groups in total. The van der Waals surface area contributed by atoms with Crippen LogP contribution in [-0.2, 0) is 17.8 Å². The van der Waals surface area contributed by atoms with Crippen LogP contribution >= 0.6 is 11.3 Å². The Morgan fingerprint density at radius 2 is 1.90 bits per heavy atom. The number of pyridine rings is 1. The van der Waals surface area contributed by atoms with Crippen LogP contribution in [0.15, 0.2) is 48.0 Å². The summed E-state index contributed by atoms with van der Waals surface area (Å²) in [7, 11) is 0. The van der Waals surface area contributed by atoms with E-state index in [1.165, 1.54) is 29.7 Å². The van der Waals surface area contributed by atoms with Gasteiger partial charge < -0.3 is 14.8 Å². The molecule has 0 unspecified atom stereocenters. The van der Waals surface area contributed by atoms with Gasteiger partial charge in [-0.25, -0.2) is 9.97 Å². The van der Waals surface area contributed by atoms with Crippen LogP contribution in [0.4, 0.5) is 18.9 Å². The fourth-order valence-corrected chi connectivity index (χ4v) is 3.05. The topological polar surface area (TPSA) is 73.3 Å². The van der Waals surface area contributed by atoms with E-state index in [0.717, 1.165) is 16.3 Å². The second-order valence-electron chi connectivity index (χ2n) is 6.35. The van der Waals surface area contributed by atoms with Gasteiger partial charge in [0, 0.05) is 11.4 Å². The summed E-state index contributed by atoms with van der Waals surface area (Å²) < 4.78 is 46.6. The number of anilines is 1. The number of benzene rings is 1. The summed E-state index contributed by atoms with van der Waals surface area (Å²) in [5, 5.41) is 5.14. The molecule has 6 nitrogen and oxygen atoms in total. The predicted molar refractivity (Wildman–Crippen MR) is 106 cm³/mol. The van der Waals surface area contributed by atoms with Gasteiger partial charge in [0.25, 0.3) is 0 Å². The number of carbonyl (C=O) groups is 1. The van der Waals surface area contributed by atoms with Crippen LogP contribution in [0, 0.1) is 6.92 Å². The lowest BCUT2D eigenvalue weighted by Gasteiger charge is -2.09. The van der Waals surface area contributed by atoms with Crippen molar-refractivity contribution in [3.63, 3.8) is 0 Å². The van der Waals surface area contributed by atoms with Crippen LogP contribution in [0.1, 0.15) is 16.3 Å². The van der Waals surface area contributed by atoms with Gasteiger partial charge in [-0.1, -0.05) is 17.7 Å². The Bertz CT molecular complexity index is 973. The first-order valence-electron chi connectivity index (χ1n) is 8.85. The summed E-state index contributed by atoms with van der Waals surface area (Å²) in [6.45, 7) is 0.873. The van der Waals surface area contributed by atoms with E-state index in [0.29, 0.717) is 18.0 Å². The second kappa shape index (κ2) is 9.57. The number of aryl methyl sites for hydroxylation is 1. The monoisotopic (exact) mass is 437 g/mol. The van der Waals surface area contributed by atoms with Crippen molar-refractivity contribution in [2.75, 3.05) is 11.9 Å². The normalized spacial score (nSPS) is 11.2. The van der Waals surface area contributed by atoms with Crippen LogP contribution in [0.3, 0.4) is 0 Å². The molecule has 2 heterocycles. The van der Waals surface area contributed by atoms with E-state index in [9.17, 15) is 18.0 Å². The number of alkyl halides is 3. The van der Waals surface area contributed by atoms with Crippen molar-refractivity contribution in [1.82, 2.24) is 9.97 Å². The summed E-state index contributed by atoms with van der Waals surface area (Å²) in [6.07, 6.45) is -3.16. The fourth-order valence-electron chi connectivity index (χ4n) is 2.34. The Hall–Kier alpha value is -3.14. The Morgan fingerprint density at radius 3 is 2.57 bits per heavy atom. The number of thiazole rings is 1. The summed E-state index contributed by atoms with van der Waals surface area (Å²) in [5.41, 5.74) is 2.08. The van der Waals surface area contributed by atoms with E-state index in [4.69, 9.17) is 4.74 Å². The molecule has 0 aliphatic heterocycles. The standard InChI is InChI=1S/C20H18F3N3O3S/c1-13-2-5-16(6-3-13)28-10-19-26-15(11-30-19)8-17(27)25-14-4-7-18(24-9-14)29-12-20(21,22)23/h2-7,9,11H,8,10,12H2,1H3,(H,25,27). The third kappa shape index (κ3) is 7.03. The van der Waals surface area contributed by atoms with Crippen molar-refractivity contribution >= 4 is 22.9 Å². The second-order valence-corrected chi connectivity index (χ2v) is 7.29. The highest BCUT2D eigenvalue weighted by Crippen LogP contribution is 2.19. The number of amides is 1. The zero-order valence-electron chi connectivity index (χ0n) is 15.9. The number of nitrogens with one attached hydrogen (secondary N) is 1. The number of carbonyl (C=O) groups excluding carboxylic acids is 1. The molecule has 2 aromatic heterocycles. The van der Waals surface area contributed by atoms with E-state index in [1.54, 1.807) is 5.38 Å². The zero-order chi connectivity index (χ0) is 21.6.